The maximum Gasteiger partial charge on any atom is 0.142 e. The molecule has 9 heteroatoms. The molecule has 3 nitrogen and oxygen atoms in total. The van der Waals surface area contributed by atoms with E-state index in [4.69, 9.17) is 0 Å². The number of benzene rings is 3. The van der Waals surface area contributed by atoms with E-state index in [-0.39, 0.29) is 17.2 Å². The second-order valence-corrected chi connectivity index (χ2v) is 12.8. The average Bonchev–Trinajstić information content (AvgIpc) is 2.66. The van der Waals surface area contributed by atoms with Crippen molar-refractivity contribution < 1.29 is 15.3 Å². The first-order valence-electron chi connectivity index (χ1n) is 8.05. The molecule has 0 fully saturated rings. The van der Waals surface area contributed by atoms with Gasteiger partial charge in [0.05, 0.1) is 17.9 Å². The molecule has 0 aromatic heterocycles. The second-order valence-electron chi connectivity index (χ2n) is 6.53. The molecule has 3 aromatic carbocycles. The lowest BCUT2D eigenvalue weighted by Gasteiger charge is -2.33. The van der Waals surface area contributed by atoms with Gasteiger partial charge in [0.15, 0.2) is 0 Å². The number of phenols is 3. The Labute approximate surface area is 242 Å². The van der Waals surface area contributed by atoms with Crippen molar-refractivity contribution in [1.29, 1.82) is 0 Å². The minimum Gasteiger partial charge on any atom is -0.506 e. The van der Waals surface area contributed by atoms with E-state index in [0.717, 1.165) is 31.0 Å². The Morgan fingerprint density at radius 1 is 0.586 bits per heavy atom. The van der Waals surface area contributed by atoms with Crippen LogP contribution in [0, 0.1) is 17.9 Å². The Kier molecular flexibility index (Phi) is 8.10. The topological polar surface area (TPSA) is 60.7 Å². The summed E-state index contributed by atoms with van der Waals surface area (Å²) in [5, 5.41) is 30.8. The number of rotatable bonds is 3. The first-order chi connectivity index (χ1) is 13.5. The van der Waals surface area contributed by atoms with Crippen LogP contribution in [0.4, 0.5) is 0 Å². The normalized spacial score (nSPS) is 11.7. The van der Waals surface area contributed by atoms with Gasteiger partial charge < -0.3 is 15.3 Å². The quantitative estimate of drug-likeness (QED) is 0.125. The largest absolute Gasteiger partial charge is 0.506 e. The van der Waals surface area contributed by atoms with Gasteiger partial charge >= 0.3 is 0 Å². The number of hydrogen-bond donors (Lipinski definition) is 4. The highest BCUT2D eigenvalue weighted by Crippen LogP contribution is 2.46. The lowest BCUT2D eigenvalue weighted by Crippen LogP contribution is -2.26. The summed E-state index contributed by atoms with van der Waals surface area (Å²) in [7, 11) is 0. The van der Waals surface area contributed by atoms with Crippen molar-refractivity contribution >= 4 is 126 Å². The molecular weight excluding hydrogens is 955 g/mol. The molecule has 0 unspecified atom stereocenters. The second kappa shape index (κ2) is 9.51. The molecule has 0 aliphatic carbocycles. The van der Waals surface area contributed by atoms with E-state index in [1.54, 1.807) is 0 Å². The highest BCUT2D eigenvalue weighted by atomic mass is 127. The maximum atomic E-state index is 10.3. The van der Waals surface area contributed by atoms with Gasteiger partial charge in [0.25, 0.3) is 0 Å². The average molecular weight is 968 g/mol. The predicted molar refractivity (Wildman–Crippen MR) is 161 cm³/mol. The summed E-state index contributed by atoms with van der Waals surface area (Å²) in [6, 6.07) is 11.7. The molecule has 0 saturated carbocycles. The van der Waals surface area contributed by atoms with E-state index in [1.165, 1.54) is 0 Å². The van der Waals surface area contributed by atoms with Gasteiger partial charge in [-0.25, -0.2) is 0 Å². The lowest BCUT2D eigenvalue weighted by atomic mass is 9.71. The molecule has 0 bridgehead atoms. The monoisotopic (exact) mass is 968 g/mol. The van der Waals surface area contributed by atoms with Crippen LogP contribution in [0.3, 0.4) is 0 Å². The summed E-state index contributed by atoms with van der Waals surface area (Å²) < 4.78 is 3.76. The van der Waals surface area contributed by atoms with Crippen molar-refractivity contribution in [2.45, 2.75) is 17.2 Å². The summed E-state index contributed by atoms with van der Waals surface area (Å²) in [5.41, 5.74) is 2.34. The third-order valence-electron chi connectivity index (χ3n) is 4.81. The van der Waals surface area contributed by atoms with Gasteiger partial charge in [0.2, 0.25) is 0 Å². The Balaban J connectivity index is 2.42. The maximum absolute atomic E-state index is 10.3. The molecule has 152 valence electrons. The van der Waals surface area contributed by atoms with E-state index in [1.807, 2.05) is 36.4 Å². The van der Waals surface area contributed by atoms with Crippen LogP contribution < -0.4 is 0 Å². The van der Waals surface area contributed by atoms with Gasteiger partial charge in [-0.05, 0) is 173 Å². The van der Waals surface area contributed by atoms with Crippen LogP contribution in [-0.2, 0) is 5.41 Å². The van der Waals surface area contributed by atoms with Crippen molar-refractivity contribution in [2.24, 2.45) is 0 Å². The Morgan fingerprint density at radius 2 is 0.862 bits per heavy atom. The van der Waals surface area contributed by atoms with Gasteiger partial charge in [0, 0.05) is 10.3 Å². The summed E-state index contributed by atoms with van der Waals surface area (Å²) in [5.74, 6) is 0.689. The summed E-state index contributed by atoms with van der Waals surface area (Å²) in [6.45, 7) is 2.11. The number of aromatic hydroxyl groups is 3. The van der Waals surface area contributed by atoms with Crippen molar-refractivity contribution in [1.82, 2.24) is 0 Å². The molecule has 3 aromatic rings. The number of phenolic OH excluding ortho intramolecular Hbond substituents is 3. The highest BCUT2D eigenvalue weighted by molar-refractivity contribution is 14.1. The van der Waals surface area contributed by atoms with Crippen LogP contribution in [0.1, 0.15) is 23.6 Å². The Bertz CT molecular complexity index is 925. The van der Waals surface area contributed by atoms with Crippen molar-refractivity contribution in [3.63, 3.8) is 0 Å². The molecule has 0 amide bonds. The van der Waals surface area contributed by atoms with Crippen molar-refractivity contribution in [3.05, 3.63) is 70.9 Å². The lowest BCUT2D eigenvalue weighted by molar-refractivity contribution is 0.457. The third-order valence-corrected chi connectivity index (χ3v) is 9.26. The van der Waals surface area contributed by atoms with Crippen LogP contribution in [0.5, 0.6) is 17.2 Å². The van der Waals surface area contributed by atoms with Gasteiger partial charge in [0.1, 0.15) is 17.2 Å². The van der Waals surface area contributed by atoms with Crippen LogP contribution in [0.2, 0.25) is 0 Å². The van der Waals surface area contributed by atoms with Gasteiger partial charge in [-0.15, -0.1) is 12.6 Å². The first-order valence-corrected chi connectivity index (χ1v) is 13.9. The zero-order chi connectivity index (χ0) is 21.7. The number of hydrogen-bond acceptors (Lipinski definition) is 4. The van der Waals surface area contributed by atoms with E-state index in [2.05, 4.69) is 133 Å². The summed E-state index contributed by atoms with van der Waals surface area (Å²) >= 11 is 15.1. The van der Waals surface area contributed by atoms with E-state index in [9.17, 15) is 15.3 Å². The smallest absolute Gasteiger partial charge is 0.142 e. The Morgan fingerprint density at radius 3 is 1.17 bits per heavy atom. The number of thiol groups is 1. The molecule has 0 atom stereocenters. The van der Waals surface area contributed by atoms with Gasteiger partial charge in [-0.3, -0.25) is 0 Å². The number of halogens is 5. The van der Waals surface area contributed by atoms with Crippen LogP contribution in [0.15, 0.2) is 41.3 Å². The standard InChI is InChI=1S/C20H13I5O3S/c1-20(8-2-11(21)17(26)12(22)3-8,9-4-13(23)18(27)14(24)5-9)10-6-15(25)19(28)16(29)7-10/h2-7,26-29H,1H3. The third kappa shape index (κ3) is 4.73. The van der Waals surface area contributed by atoms with E-state index >= 15 is 0 Å². The van der Waals surface area contributed by atoms with Gasteiger partial charge in [-0.2, -0.15) is 0 Å². The van der Waals surface area contributed by atoms with Gasteiger partial charge in [-0.1, -0.05) is 0 Å². The molecular formula is C20H13I5O3S. The van der Waals surface area contributed by atoms with Crippen LogP contribution in [-0.4, -0.2) is 15.3 Å². The zero-order valence-corrected chi connectivity index (χ0v) is 26.3. The highest BCUT2D eigenvalue weighted by Gasteiger charge is 2.34. The summed E-state index contributed by atoms with van der Waals surface area (Å²) in [4.78, 5) is 0.504. The molecule has 0 spiro atoms. The van der Waals surface area contributed by atoms with Crippen molar-refractivity contribution in [3.8, 4) is 17.2 Å². The predicted octanol–water partition coefficient (Wildman–Crippen LogP) is 7.47. The fraction of sp³-hybridized carbons (Fsp3) is 0.100. The SMILES string of the molecule is CC(c1cc(S)c(O)c(I)c1)(c1cc(I)c(O)c(I)c1)c1cc(I)c(O)c(I)c1. The first kappa shape index (κ1) is 24.7. The minimum absolute atomic E-state index is 0.157. The zero-order valence-electron chi connectivity index (χ0n) is 14.6. The Hall–Kier alpha value is 1.06. The van der Waals surface area contributed by atoms with E-state index in [0.29, 0.717) is 8.47 Å². The molecule has 3 N–H and O–H groups in total. The van der Waals surface area contributed by atoms with Crippen LogP contribution in [0.25, 0.3) is 0 Å². The molecule has 0 radical (unpaired) electrons. The fourth-order valence-corrected chi connectivity index (χ4v) is 7.72. The minimum atomic E-state index is -0.605. The molecule has 0 aliphatic heterocycles. The van der Waals surface area contributed by atoms with E-state index < -0.39 is 5.41 Å². The molecule has 0 heterocycles. The molecule has 3 rings (SSSR count). The summed E-state index contributed by atoms with van der Waals surface area (Å²) in [6.07, 6.45) is 0. The molecule has 29 heavy (non-hydrogen) atoms. The molecule has 0 saturated heterocycles. The fourth-order valence-electron chi connectivity index (χ4n) is 3.08. The van der Waals surface area contributed by atoms with Crippen LogP contribution >= 0.6 is 126 Å². The molecule has 0 aliphatic rings. The van der Waals surface area contributed by atoms with Crippen molar-refractivity contribution in [2.75, 3.05) is 0 Å².